The first-order valence-electron chi connectivity index (χ1n) is 13.9. The van der Waals surface area contributed by atoms with E-state index in [1.54, 1.807) is 0 Å². The lowest BCUT2D eigenvalue weighted by atomic mass is 9.95. The molecule has 0 spiro atoms. The Morgan fingerprint density at radius 2 is 1.17 bits per heavy atom. The molecule has 0 atom stereocenters. The molecule has 0 amide bonds. The number of fused-ring (bicyclic) bond motifs is 8. The number of para-hydroxylation sites is 3. The van der Waals surface area contributed by atoms with Crippen molar-refractivity contribution in [1.82, 2.24) is 4.57 Å². The average Bonchev–Trinajstić information content (AvgIpc) is 3.70. The van der Waals surface area contributed by atoms with E-state index >= 15 is 0 Å². The van der Waals surface area contributed by atoms with Crippen LogP contribution in [0, 0.1) is 0 Å². The molecule has 0 saturated heterocycles. The lowest BCUT2D eigenvalue weighted by Crippen LogP contribution is -1.93. The fourth-order valence-corrected chi connectivity index (χ4v) is 7.74. The Hall–Kier alpha value is -5.12. The van der Waals surface area contributed by atoms with Gasteiger partial charge in [-0.25, -0.2) is 0 Å². The van der Waals surface area contributed by atoms with E-state index in [0.29, 0.717) is 0 Å². The van der Waals surface area contributed by atoms with Gasteiger partial charge in [0.15, 0.2) is 0 Å². The van der Waals surface area contributed by atoms with Crippen molar-refractivity contribution >= 4 is 64.5 Å². The summed E-state index contributed by atoms with van der Waals surface area (Å²) in [6, 6.07) is 49.7. The van der Waals surface area contributed by atoms with E-state index < -0.39 is 0 Å². The van der Waals surface area contributed by atoms with Gasteiger partial charge >= 0.3 is 0 Å². The maximum Gasteiger partial charge on any atom is 0.143 e. The van der Waals surface area contributed by atoms with Crippen LogP contribution in [0.2, 0.25) is 0 Å². The lowest BCUT2D eigenvalue weighted by Gasteiger charge is -2.11. The third-order valence-corrected chi connectivity index (χ3v) is 9.39. The first-order valence-corrected chi connectivity index (χ1v) is 14.7. The molecule has 3 aromatic heterocycles. The molecule has 0 aliphatic rings. The van der Waals surface area contributed by atoms with Gasteiger partial charge in [-0.05, 0) is 47.0 Å². The minimum absolute atomic E-state index is 0.910. The van der Waals surface area contributed by atoms with Crippen molar-refractivity contribution in [3.63, 3.8) is 0 Å². The van der Waals surface area contributed by atoms with Crippen molar-refractivity contribution in [2.75, 3.05) is 0 Å². The molecule has 0 aliphatic carbocycles. The third-order valence-electron chi connectivity index (χ3n) is 8.22. The topological polar surface area (TPSA) is 18.1 Å². The second-order valence-electron chi connectivity index (χ2n) is 10.5. The summed E-state index contributed by atoms with van der Waals surface area (Å²) in [6.45, 7) is 0. The third kappa shape index (κ3) is 3.24. The smallest absolute Gasteiger partial charge is 0.143 e. The summed E-state index contributed by atoms with van der Waals surface area (Å²) in [5.41, 5.74) is 10.2. The molecule has 192 valence electrons. The summed E-state index contributed by atoms with van der Waals surface area (Å²) in [6.07, 6.45) is 0. The Morgan fingerprint density at radius 3 is 2.02 bits per heavy atom. The minimum atomic E-state index is 0.910. The van der Waals surface area contributed by atoms with Crippen molar-refractivity contribution in [3.8, 4) is 27.9 Å². The van der Waals surface area contributed by atoms with Crippen LogP contribution in [0.4, 0.5) is 0 Å². The summed E-state index contributed by atoms with van der Waals surface area (Å²) in [7, 11) is 0. The highest BCUT2D eigenvalue weighted by Gasteiger charge is 2.22. The number of rotatable bonds is 3. The summed E-state index contributed by atoms with van der Waals surface area (Å²) in [5.74, 6) is 0. The van der Waals surface area contributed by atoms with Crippen LogP contribution in [-0.2, 0) is 0 Å². The van der Waals surface area contributed by atoms with Crippen LogP contribution >= 0.6 is 11.3 Å². The number of furan rings is 1. The minimum Gasteiger partial charge on any atom is -0.455 e. The molecule has 3 heteroatoms. The van der Waals surface area contributed by atoms with Gasteiger partial charge in [0.2, 0.25) is 0 Å². The molecule has 2 nitrogen and oxygen atoms in total. The maximum atomic E-state index is 6.62. The van der Waals surface area contributed by atoms with E-state index in [2.05, 4.69) is 144 Å². The molecule has 41 heavy (non-hydrogen) atoms. The summed E-state index contributed by atoms with van der Waals surface area (Å²) in [5, 5.41) is 4.88. The highest BCUT2D eigenvalue weighted by molar-refractivity contribution is 7.26. The predicted octanol–water partition coefficient (Wildman–Crippen LogP) is 11.2. The van der Waals surface area contributed by atoms with E-state index in [0.717, 1.165) is 33.1 Å². The monoisotopic (exact) mass is 541 g/mol. The van der Waals surface area contributed by atoms with Gasteiger partial charge in [0.1, 0.15) is 11.2 Å². The molecular weight excluding hydrogens is 518 g/mol. The molecule has 9 rings (SSSR count). The largest absolute Gasteiger partial charge is 0.455 e. The van der Waals surface area contributed by atoms with Gasteiger partial charge < -0.3 is 8.98 Å². The summed E-state index contributed by atoms with van der Waals surface area (Å²) < 4.78 is 11.7. The zero-order valence-electron chi connectivity index (χ0n) is 22.0. The van der Waals surface area contributed by atoms with Gasteiger partial charge in [0.25, 0.3) is 0 Å². The predicted molar refractivity (Wildman–Crippen MR) is 174 cm³/mol. The quantitative estimate of drug-likeness (QED) is 0.217. The lowest BCUT2D eigenvalue weighted by molar-refractivity contribution is 0.670. The van der Waals surface area contributed by atoms with E-state index in [9.17, 15) is 0 Å². The molecule has 0 radical (unpaired) electrons. The molecule has 0 fully saturated rings. The zero-order valence-corrected chi connectivity index (χ0v) is 22.9. The molecular formula is C38H23NOS. The van der Waals surface area contributed by atoms with Crippen LogP contribution in [-0.4, -0.2) is 4.57 Å². The summed E-state index contributed by atoms with van der Waals surface area (Å²) in [4.78, 5) is 0. The second kappa shape index (κ2) is 8.69. The van der Waals surface area contributed by atoms with Crippen molar-refractivity contribution < 1.29 is 4.42 Å². The van der Waals surface area contributed by atoms with E-state index in [4.69, 9.17) is 4.42 Å². The fraction of sp³-hybridized carbons (Fsp3) is 0. The van der Waals surface area contributed by atoms with Gasteiger partial charge in [-0.3, -0.25) is 0 Å². The number of nitrogens with zero attached hydrogens (tertiary/aromatic N) is 1. The Balaban J connectivity index is 1.41. The zero-order chi connectivity index (χ0) is 26.9. The first-order chi connectivity index (χ1) is 20.4. The molecule has 0 bridgehead atoms. The van der Waals surface area contributed by atoms with Gasteiger partial charge in [0, 0.05) is 37.5 Å². The van der Waals surface area contributed by atoms with Gasteiger partial charge in [-0.2, -0.15) is 0 Å². The van der Waals surface area contributed by atoms with E-state index in [-0.39, 0.29) is 0 Å². The van der Waals surface area contributed by atoms with Crippen molar-refractivity contribution in [2.45, 2.75) is 0 Å². The molecule has 0 saturated carbocycles. The Morgan fingerprint density at radius 1 is 0.512 bits per heavy atom. The maximum absolute atomic E-state index is 6.62. The van der Waals surface area contributed by atoms with E-state index in [1.165, 1.54) is 48.0 Å². The van der Waals surface area contributed by atoms with Crippen molar-refractivity contribution in [3.05, 3.63) is 140 Å². The van der Waals surface area contributed by atoms with Crippen molar-refractivity contribution in [2.24, 2.45) is 0 Å². The Kier molecular flexibility index (Phi) is 4.80. The number of hydrogen-bond acceptors (Lipinski definition) is 2. The van der Waals surface area contributed by atoms with E-state index in [1.807, 2.05) is 11.3 Å². The van der Waals surface area contributed by atoms with Crippen LogP contribution < -0.4 is 0 Å². The van der Waals surface area contributed by atoms with Gasteiger partial charge in [0.05, 0.1) is 15.7 Å². The number of aromatic nitrogens is 1. The highest BCUT2D eigenvalue weighted by Crippen LogP contribution is 2.48. The normalized spacial score (nSPS) is 11.9. The molecule has 9 aromatic rings. The summed E-state index contributed by atoms with van der Waals surface area (Å²) >= 11 is 1.88. The number of thiophene rings is 1. The molecule has 0 aliphatic heterocycles. The van der Waals surface area contributed by atoms with Crippen LogP contribution in [0.1, 0.15) is 0 Å². The van der Waals surface area contributed by atoms with Crippen LogP contribution in [0.25, 0.3) is 81.1 Å². The van der Waals surface area contributed by atoms with Crippen LogP contribution in [0.15, 0.2) is 144 Å². The molecule has 0 unspecified atom stereocenters. The highest BCUT2D eigenvalue weighted by atomic mass is 32.1. The standard InChI is InChI=1S/C38H23NOS/c1-3-12-24(13-4-1)26-17-9-20-30-34-27(18-10-22-32(34)40-37(26)30)28-19-11-23-33-35(28)36-38(41-33)29-16-7-8-21-31(29)39(36)25-14-5-2-6-15-25/h1-23H. The number of hydrogen-bond donors (Lipinski definition) is 0. The van der Waals surface area contributed by atoms with Crippen LogP contribution in [0.5, 0.6) is 0 Å². The molecule has 3 heterocycles. The Bertz CT molecular complexity index is 2410. The first kappa shape index (κ1) is 22.7. The molecule has 0 N–H and O–H groups in total. The van der Waals surface area contributed by atoms with Gasteiger partial charge in [-0.1, -0.05) is 109 Å². The Labute approximate surface area is 240 Å². The SMILES string of the molecule is c1ccc(-c2cccc3c2oc2cccc(-c4cccc5sc6c7ccccc7n(-c7ccccc7)c6c45)c23)cc1. The second-order valence-corrected chi connectivity index (χ2v) is 11.5. The fourth-order valence-electron chi connectivity index (χ4n) is 6.50. The van der Waals surface area contributed by atoms with Gasteiger partial charge in [-0.15, -0.1) is 11.3 Å². The number of benzene rings is 6. The van der Waals surface area contributed by atoms with Crippen LogP contribution in [0.3, 0.4) is 0 Å². The average molecular weight is 542 g/mol. The van der Waals surface area contributed by atoms with Crippen molar-refractivity contribution in [1.29, 1.82) is 0 Å². The molecule has 6 aromatic carbocycles.